The highest BCUT2D eigenvalue weighted by atomic mass is 16.7. The van der Waals surface area contributed by atoms with Gasteiger partial charge in [-0.25, -0.2) is 0 Å². The Balaban J connectivity index is 3.28. The first-order chi connectivity index (χ1) is 11.6. The first-order valence-electron chi connectivity index (χ1n) is 9.72. The Morgan fingerprint density at radius 1 is 0.875 bits per heavy atom. The minimum absolute atomic E-state index is 0.159. The molecule has 142 valence electrons. The summed E-state index contributed by atoms with van der Waals surface area (Å²) in [5, 5.41) is 4.49. The van der Waals surface area contributed by atoms with E-state index in [1.807, 2.05) is 0 Å². The van der Waals surface area contributed by atoms with E-state index in [1.165, 1.54) is 56.9 Å². The highest BCUT2D eigenvalue weighted by molar-refractivity contribution is 5.75. The fourth-order valence-electron chi connectivity index (χ4n) is 2.64. The summed E-state index contributed by atoms with van der Waals surface area (Å²) in [7, 11) is 1.74. The fourth-order valence-corrected chi connectivity index (χ4v) is 2.64. The average Bonchev–Trinajstić information content (AvgIpc) is 2.52. The summed E-state index contributed by atoms with van der Waals surface area (Å²) in [5.74, 6) is -0.141. The quantitative estimate of drug-likeness (QED) is 0.337. The molecule has 5 heteroatoms. The van der Waals surface area contributed by atoms with Gasteiger partial charge in [-0.2, -0.15) is 0 Å². The molecule has 0 saturated heterocycles. The van der Waals surface area contributed by atoms with Gasteiger partial charge in [0.1, 0.15) is 0 Å². The van der Waals surface area contributed by atoms with E-state index >= 15 is 0 Å². The van der Waals surface area contributed by atoms with E-state index in [2.05, 4.69) is 12.2 Å². The predicted octanol–water partition coefficient (Wildman–Crippen LogP) is 4.21. The first kappa shape index (κ1) is 22.9. The molecule has 1 N–H and O–H groups in total. The molecular weight excluding hydrogens is 304 g/mol. The number of amides is 1. The standard InChI is InChI=1S/C19H38N2O3/c1-4-5-6-7-8-9-10-11-12-15-19(23)20-16-13-14-17-21(3)24-18(2)22/h4-17H2,1-3H3,(H,20,23). The smallest absolute Gasteiger partial charge is 0.322 e. The maximum absolute atomic E-state index is 11.7. The van der Waals surface area contributed by atoms with E-state index < -0.39 is 0 Å². The fraction of sp³-hybridized carbons (Fsp3) is 0.895. The Hall–Kier alpha value is -1.10. The van der Waals surface area contributed by atoms with Crippen LogP contribution in [-0.2, 0) is 14.4 Å². The molecule has 5 nitrogen and oxygen atoms in total. The molecule has 0 unspecified atom stereocenters. The minimum atomic E-state index is -0.299. The number of hydrogen-bond acceptors (Lipinski definition) is 4. The second-order valence-corrected chi connectivity index (χ2v) is 6.57. The Bertz CT molecular complexity index is 322. The molecule has 1 amide bonds. The van der Waals surface area contributed by atoms with Gasteiger partial charge in [0.05, 0.1) is 0 Å². The van der Waals surface area contributed by atoms with Crippen LogP contribution in [0.1, 0.15) is 90.9 Å². The van der Waals surface area contributed by atoms with Gasteiger partial charge >= 0.3 is 5.97 Å². The molecule has 0 spiro atoms. The van der Waals surface area contributed by atoms with Crippen molar-refractivity contribution >= 4 is 11.9 Å². The summed E-state index contributed by atoms with van der Waals surface area (Å²) in [6.07, 6.45) is 13.9. The second kappa shape index (κ2) is 16.7. The van der Waals surface area contributed by atoms with Gasteiger partial charge in [0.2, 0.25) is 5.91 Å². The van der Waals surface area contributed by atoms with Crippen molar-refractivity contribution < 1.29 is 14.4 Å². The lowest BCUT2D eigenvalue weighted by Gasteiger charge is -2.14. The van der Waals surface area contributed by atoms with Crippen molar-refractivity contribution in [2.75, 3.05) is 20.1 Å². The molecule has 0 heterocycles. The number of carbonyl (C=O) groups excluding carboxylic acids is 2. The van der Waals surface area contributed by atoms with E-state index in [4.69, 9.17) is 4.84 Å². The van der Waals surface area contributed by atoms with Crippen molar-refractivity contribution in [1.82, 2.24) is 10.4 Å². The largest absolute Gasteiger partial charge is 0.369 e. The zero-order valence-corrected chi connectivity index (χ0v) is 16.1. The van der Waals surface area contributed by atoms with Gasteiger partial charge in [-0.15, -0.1) is 5.06 Å². The second-order valence-electron chi connectivity index (χ2n) is 6.57. The summed E-state index contributed by atoms with van der Waals surface area (Å²) in [5.41, 5.74) is 0. The number of unbranched alkanes of at least 4 members (excludes halogenated alkanes) is 9. The van der Waals surface area contributed by atoms with Crippen molar-refractivity contribution in [2.45, 2.75) is 90.9 Å². The summed E-state index contributed by atoms with van der Waals surface area (Å²) in [6.45, 7) is 5.02. The van der Waals surface area contributed by atoms with Gasteiger partial charge in [0, 0.05) is 33.5 Å². The Labute approximate surface area is 148 Å². The van der Waals surface area contributed by atoms with Crippen LogP contribution in [0.25, 0.3) is 0 Å². The molecule has 0 bridgehead atoms. The molecule has 0 atom stereocenters. The minimum Gasteiger partial charge on any atom is -0.369 e. The first-order valence-corrected chi connectivity index (χ1v) is 9.72. The van der Waals surface area contributed by atoms with Gasteiger partial charge in [-0.05, 0) is 19.3 Å². The van der Waals surface area contributed by atoms with Crippen molar-refractivity contribution in [3.05, 3.63) is 0 Å². The molecule has 0 aromatic carbocycles. The Kier molecular flexibility index (Phi) is 16.0. The lowest BCUT2D eigenvalue weighted by atomic mass is 10.1. The van der Waals surface area contributed by atoms with Crippen LogP contribution in [0.2, 0.25) is 0 Å². The molecule has 0 saturated carbocycles. The molecule has 0 fully saturated rings. The number of carbonyl (C=O) groups is 2. The van der Waals surface area contributed by atoms with E-state index in [1.54, 1.807) is 7.05 Å². The molecule has 0 aliphatic rings. The Morgan fingerprint density at radius 3 is 2.04 bits per heavy atom. The van der Waals surface area contributed by atoms with Gasteiger partial charge in [0.15, 0.2) is 0 Å². The van der Waals surface area contributed by atoms with Gasteiger partial charge in [-0.3, -0.25) is 9.59 Å². The van der Waals surface area contributed by atoms with Crippen LogP contribution >= 0.6 is 0 Å². The number of rotatable bonds is 16. The van der Waals surface area contributed by atoms with Gasteiger partial charge in [-0.1, -0.05) is 58.3 Å². The summed E-state index contributed by atoms with van der Waals surface area (Å²) in [4.78, 5) is 27.3. The summed E-state index contributed by atoms with van der Waals surface area (Å²) in [6, 6.07) is 0. The van der Waals surface area contributed by atoms with Crippen molar-refractivity contribution in [1.29, 1.82) is 0 Å². The van der Waals surface area contributed by atoms with Crippen LogP contribution < -0.4 is 5.32 Å². The van der Waals surface area contributed by atoms with E-state index in [0.29, 0.717) is 19.5 Å². The Morgan fingerprint density at radius 2 is 1.46 bits per heavy atom. The highest BCUT2D eigenvalue weighted by Crippen LogP contribution is 2.10. The van der Waals surface area contributed by atoms with E-state index in [9.17, 15) is 9.59 Å². The average molecular weight is 343 g/mol. The maximum atomic E-state index is 11.7. The molecule has 0 aliphatic carbocycles. The topological polar surface area (TPSA) is 58.6 Å². The molecule has 24 heavy (non-hydrogen) atoms. The van der Waals surface area contributed by atoms with Crippen molar-refractivity contribution in [3.63, 3.8) is 0 Å². The van der Waals surface area contributed by atoms with Crippen LogP contribution in [0.4, 0.5) is 0 Å². The van der Waals surface area contributed by atoms with Crippen LogP contribution in [-0.4, -0.2) is 37.1 Å². The summed E-state index contributed by atoms with van der Waals surface area (Å²) < 4.78 is 0. The van der Waals surface area contributed by atoms with Crippen LogP contribution in [0.3, 0.4) is 0 Å². The lowest BCUT2D eigenvalue weighted by molar-refractivity contribution is -0.181. The molecule has 0 aromatic heterocycles. The van der Waals surface area contributed by atoms with E-state index in [-0.39, 0.29) is 11.9 Å². The zero-order valence-electron chi connectivity index (χ0n) is 16.1. The number of hydrogen-bond donors (Lipinski definition) is 1. The number of hydroxylamine groups is 2. The third-order valence-corrected chi connectivity index (χ3v) is 4.01. The highest BCUT2D eigenvalue weighted by Gasteiger charge is 2.03. The third kappa shape index (κ3) is 17.3. The molecule has 0 aliphatic heterocycles. The van der Waals surface area contributed by atoms with Gasteiger partial charge < -0.3 is 10.2 Å². The molecular formula is C19H38N2O3. The van der Waals surface area contributed by atoms with Crippen molar-refractivity contribution in [2.24, 2.45) is 0 Å². The summed E-state index contributed by atoms with van der Waals surface area (Å²) >= 11 is 0. The maximum Gasteiger partial charge on any atom is 0.322 e. The predicted molar refractivity (Wildman–Crippen MR) is 98.5 cm³/mol. The monoisotopic (exact) mass is 342 g/mol. The molecule has 0 rings (SSSR count). The molecule has 0 radical (unpaired) electrons. The van der Waals surface area contributed by atoms with E-state index in [0.717, 1.165) is 25.7 Å². The number of nitrogens with one attached hydrogen (secondary N) is 1. The number of nitrogens with zero attached hydrogens (tertiary/aromatic N) is 1. The van der Waals surface area contributed by atoms with Crippen LogP contribution in [0, 0.1) is 0 Å². The van der Waals surface area contributed by atoms with Crippen LogP contribution in [0.5, 0.6) is 0 Å². The zero-order chi connectivity index (χ0) is 18.0. The van der Waals surface area contributed by atoms with Gasteiger partial charge in [0.25, 0.3) is 0 Å². The SMILES string of the molecule is CCCCCCCCCCCC(=O)NCCCCN(C)OC(C)=O. The normalized spacial score (nSPS) is 10.8. The third-order valence-electron chi connectivity index (χ3n) is 4.01. The van der Waals surface area contributed by atoms with Crippen molar-refractivity contribution in [3.8, 4) is 0 Å². The van der Waals surface area contributed by atoms with Crippen LogP contribution in [0.15, 0.2) is 0 Å². The lowest BCUT2D eigenvalue weighted by Crippen LogP contribution is -2.26. The molecule has 0 aromatic rings.